The first kappa shape index (κ1) is 9.32. The Morgan fingerprint density at radius 2 is 2.50 bits per heavy atom. The van der Waals surface area contributed by atoms with Crippen molar-refractivity contribution in [1.29, 1.82) is 0 Å². The number of hydrogen-bond donors (Lipinski definition) is 0. The number of ketones is 1. The van der Waals surface area contributed by atoms with E-state index in [-0.39, 0.29) is 5.78 Å². The van der Waals surface area contributed by atoms with E-state index in [9.17, 15) is 9.59 Å². The number of carbonyl (C=O) groups excluding carboxylic acids is 2. The van der Waals surface area contributed by atoms with Gasteiger partial charge in [-0.2, -0.15) is 11.8 Å². The van der Waals surface area contributed by atoms with E-state index in [0.717, 1.165) is 12.0 Å². The maximum Gasteiger partial charge on any atom is 0.322 e. The maximum absolute atomic E-state index is 11.2. The summed E-state index contributed by atoms with van der Waals surface area (Å²) in [4.78, 5) is 22.2. The predicted octanol–water partition coefficient (Wildman–Crippen LogP) is 0.995. The van der Waals surface area contributed by atoms with Gasteiger partial charge in [0.1, 0.15) is 11.7 Å². The number of rotatable bonds is 2. The average Bonchev–Trinajstić information content (AvgIpc) is 2.05. The Hall–Kier alpha value is -0.770. The minimum Gasteiger partial charge on any atom is -0.435 e. The van der Waals surface area contributed by atoms with Gasteiger partial charge in [0.25, 0.3) is 0 Å². The Bertz CT molecular complexity index is 212. The first-order chi connectivity index (χ1) is 5.75. The van der Waals surface area contributed by atoms with Gasteiger partial charge in [-0.1, -0.05) is 6.58 Å². The lowest BCUT2D eigenvalue weighted by Crippen LogP contribution is -2.30. The Balaban J connectivity index is 2.53. The van der Waals surface area contributed by atoms with Gasteiger partial charge in [-0.3, -0.25) is 9.59 Å². The lowest BCUT2D eigenvalue weighted by Gasteiger charge is -2.17. The van der Waals surface area contributed by atoms with Crippen molar-refractivity contribution in [3.8, 4) is 0 Å². The third-order valence-electron chi connectivity index (χ3n) is 1.65. The molecule has 0 N–H and O–H groups in total. The van der Waals surface area contributed by atoms with Crippen molar-refractivity contribution in [3.63, 3.8) is 0 Å². The van der Waals surface area contributed by atoms with Gasteiger partial charge in [0.05, 0.1) is 6.26 Å². The Morgan fingerprint density at radius 3 is 3.08 bits per heavy atom. The Morgan fingerprint density at radius 1 is 1.75 bits per heavy atom. The fraction of sp³-hybridized carbons (Fsp3) is 0.500. The molecular weight excluding hydrogens is 176 g/mol. The van der Waals surface area contributed by atoms with Gasteiger partial charge < -0.3 is 4.74 Å². The SMILES string of the molecule is C=COC(=O)C1CSCCC1=O. The van der Waals surface area contributed by atoms with E-state index in [1.165, 1.54) is 0 Å². The van der Waals surface area contributed by atoms with Crippen LogP contribution in [0.15, 0.2) is 12.8 Å². The summed E-state index contributed by atoms with van der Waals surface area (Å²) in [5.74, 6) is 0.312. The van der Waals surface area contributed by atoms with Crippen LogP contribution in [0.1, 0.15) is 6.42 Å². The molecule has 3 nitrogen and oxygen atoms in total. The fourth-order valence-electron chi connectivity index (χ4n) is 1.00. The summed E-state index contributed by atoms with van der Waals surface area (Å²) in [6.07, 6.45) is 1.54. The highest BCUT2D eigenvalue weighted by molar-refractivity contribution is 7.99. The van der Waals surface area contributed by atoms with Crippen molar-refractivity contribution in [2.75, 3.05) is 11.5 Å². The molecule has 12 heavy (non-hydrogen) atoms. The third-order valence-corrected chi connectivity index (χ3v) is 2.71. The number of carbonyl (C=O) groups is 2. The molecule has 0 amide bonds. The van der Waals surface area contributed by atoms with Crippen molar-refractivity contribution in [2.45, 2.75) is 6.42 Å². The van der Waals surface area contributed by atoms with E-state index in [1.54, 1.807) is 11.8 Å². The van der Waals surface area contributed by atoms with E-state index >= 15 is 0 Å². The monoisotopic (exact) mass is 186 g/mol. The topological polar surface area (TPSA) is 43.4 Å². The zero-order valence-electron chi connectivity index (χ0n) is 6.62. The molecule has 1 aliphatic heterocycles. The van der Waals surface area contributed by atoms with Crippen LogP contribution in [0.2, 0.25) is 0 Å². The first-order valence-electron chi connectivity index (χ1n) is 3.67. The lowest BCUT2D eigenvalue weighted by atomic mass is 10.0. The van der Waals surface area contributed by atoms with Gasteiger partial charge >= 0.3 is 5.97 Å². The van der Waals surface area contributed by atoms with Crippen LogP contribution in [0, 0.1) is 5.92 Å². The summed E-state index contributed by atoms with van der Waals surface area (Å²) in [5.41, 5.74) is 0. The molecule has 1 aliphatic rings. The van der Waals surface area contributed by atoms with Crippen LogP contribution in [0.3, 0.4) is 0 Å². The van der Waals surface area contributed by atoms with E-state index in [1.807, 2.05) is 0 Å². The second-order valence-corrected chi connectivity index (χ2v) is 3.60. The van der Waals surface area contributed by atoms with Crippen LogP contribution in [0.25, 0.3) is 0 Å². The highest BCUT2D eigenvalue weighted by Gasteiger charge is 2.30. The average molecular weight is 186 g/mol. The minimum atomic E-state index is -0.568. The van der Waals surface area contributed by atoms with Crippen molar-refractivity contribution in [1.82, 2.24) is 0 Å². The second-order valence-electron chi connectivity index (χ2n) is 2.45. The minimum absolute atomic E-state index is 0.0133. The predicted molar refractivity (Wildman–Crippen MR) is 46.7 cm³/mol. The van der Waals surface area contributed by atoms with Gasteiger partial charge in [0, 0.05) is 17.9 Å². The Labute approximate surface area is 75.2 Å². The van der Waals surface area contributed by atoms with Crippen LogP contribution in [-0.2, 0) is 14.3 Å². The molecule has 0 radical (unpaired) electrons. The summed E-state index contributed by atoms with van der Waals surface area (Å²) in [6.45, 7) is 3.26. The molecule has 0 aromatic carbocycles. The quantitative estimate of drug-likeness (QED) is 0.366. The van der Waals surface area contributed by atoms with Crippen molar-refractivity contribution < 1.29 is 14.3 Å². The van der Waals surface area contributed by atoms with Gasteiger partial charge in [-0.25, -0.2) is 0 Å². The molecule has 66 valence electrons. The number of esters is 1. The van der Waals surface area contributed by atoms with Crippen LogP contribution in [-0.4, -0.2) is 23.3 Å². The summed E-state index contributed by atoms with van der Waals surface area (Å²) in [5, 5.41) is 0. The van der Waals surface area contributed by atoms with Gasteiger partial charge in [-0.05, 0) is 0 Å². The fourth-order valence-corrected chi connectivity index (χ4v) is 2.07. The lowest BCUT2D eigenvalue weighted by molar-refractivity contribution is -0.146. The molecule has 0 aromatic rings. The molecule has 1 saturated heterocycles. The zero-order valence-corrected chi connectivity index (χ0v) is 7.43. The van der Waals surface area contributed by atoms with E-state index < -0.39 is 11.9 Å². The highest BCUT2D eigenvalue weighted by atomic mass is 32.2. The van der Waals surface area contributed by atoms with Crippen molar-refractivity contribution >= 4 is 23.5 Å². The molecule has 0 aliphatic carbocycles. The highest BCUT2D eigenvalue weighted by Crippen LogP contribution is 2.20. The molecule has 0 aromatic heterocycles. The number of Topliss-reactive ketones (excluding diaryl/α,β-unsaturated/α-hetero) is 1. The number of ether oxygens (including phenoxy) is 1. The van der Waals surface area contributed by atoms with Gasteiger partial charge in [0.15, 0.2) is 0 Å². The Kier molecular flexibility index (Phi) is 3.34. The normalized spacial score (nSPS) is 23.3. The van der Waals surface area contributed by atoms with E-state index in [2.05, 4.69) is 11.3 Å². The molecule has 4 heteroatoms. The summed E-state index contributed by atoms with van der Waals surface area (Å²) < 4.78 is 4.54. The van der Waals surface area contributed by atoms with E-state index in [0.29, 0.717) is 12.2 Å². The largest absolute Gasteiger partial charge is 0.435 e. The summed E-state index contributed by atoms with van der Waals surface area (Å²) in [7, 11) is 0. The first-order valence-corrected chi connectivity index (χ1v) is 4.83. The second kappa shape index (κ2) is 4.30. The third kappa shape index (κ3) is 2.11. The van der Waals surface area contributed by atoms with Crippen LogP contribution in [0.4, 0.5) is 0 Å². The van der Waals surface area contributed by atoms with Gasteiger partial charge in [-0.15, -0.1) is 0 Å². The summed E-state index contributed by atoms with van der Waals surface area (Å²) >= 11 is 1.60. The molecule has 1 atom stereocenters. The molecule has 0 spiro atoms. The van der Waals surface area contributed by atoms with Crippen molar-refractivity contribution in [3.05, 3.63) is 12.8 Å². The number of thioether (sulfide) groups is 1. The smallest absolute Gasteiger partial charge is 0.322 e. The van der Waals surface area contributed by atoms with E-state index in [4.69, 9.17) is 0 Å². The molecule has 1 fully saturated rings. The zero-order chi connectivity index (χ0) is 8.97. The number of hydrogen-bond acceptors (Lipinski definition) is 4. The molecule has 0 saturated carbocycles. The molecule has 1 rings (SSSR count). The standard InChI is InChI=1S/C8H10O3S/c1-2-11-8(10)6-5-12-4-3-7(6)9/h2,6H,1,3-5H2. The van der Waals surface area contributed by atoms with Gasteiger partial charge in [0.2, 0.25) is 0 Å². The van der Waals surface area contributed by atoms with Crippen molar-refractivity contribution in [2.24, 2.45) is 5.92 Å². The molecule has 0 bridgehead atoms. The maximum atomic E-state index is 11.2. The van der Waals surface area contributed by atoms with Crippen LogP contribution < -0.4 is 0 Å². The molecular formula is C8H10O3S. The molecule has 1 unspecified atom stereocenters. The van der Waals surface area contributed by atoms with Crippen LogP contribution >= 0.6 is 11.8 Å². The van der Waals surface area contributed by atoms with Crippen LogP contribution in [0.5, 0.6) is 0 Å². The summed E-state index contributed by atoms with van der Waals surface area (Å²) in [6, 6.07) is 0. The molecule has 1 heterocycles.